The number of hydrogen-bond acceptors (Lipinski definition) is 3. The number of likely N-dealkylation sites (tertiary alicyclic amines) is 1. The van der Waals surface area contributed by atoms with Crippen molar-refractivity contribution in [2.75, 3.05) is 19.6 Å². The van der Waals surface area contributed by atoms with Gasteiger partial charge in [-0.2, -0.15) is 18.3 Å². The molecule has 0 atom stereocenters. The summed E-state index contributed by atoms with van der Waals surface area (Å²) in [5, 5.41) is 6.73. The molecule has 202 valence electrons. The van der Waals surface area contributed by atoms with Crippen LogP contribution in [0.5, 0.6) is 0 Å². The number of alkyl halides is 3. The Balaban J connectivity index is 1.38. The number of aromatic nitrogens is 2. The van der Waals surface area contributed by atoms with Gasteiger partial charge in [-0.1, -0.05) is 19.4 Å². The SMILES string of the molecule is Cc1cc2nn(CC3CN(C(=O)c4ccc(S(F)(F)(F)(F)F)cc4)C3)cc2cc1C(=O)NCC(F)(F)F. The van der Waals surface area contributed by atoms with E-state index >= 15 is 0 Å². The molecule has 15 heteroatoms. The molecule has 0 bridgehead atoms. The molecule has 37 heavy (non-hydrogen) atoms. The van der Waals surface area contributed by atoms with Crippen molar-refractivity contribution < 1.29 is 42.2 Å². The summed E-state index contributed by atoms with van der Waals surface area (Å²) < 4.78 is 103. The zero-order valence-corrected chi connectivity index (χ0v) is 19.9. The van der Waals surface area contributed by atoms with Crippen LogP contribution in [-0.4, -0.2) is 52.3 Å². The highest BCUT2D eigenvalue weighted by Crippen LogP contribution is 3.02. The highest BCUT2D eigenvalue weighted by atomic mass is 32.5. The summed E-state index contributed by atoms with van der Waals surface area (Å²) >= 11 is 0. The van der Waals surface area contributed by atoms with Gasteiger partial charge >= 0.3 is 16.4 Å². The predicted molar refractivity (Wildman–Crippen MR) is 120 cm³/mol. The summed E-state index contributed by atoms with van der Waals surface area (Å²) in [6, 6.07) is 4.83. The van der Waals surface area contributed by atoms with E-state index in [-0.39, 0.29) is 42.3 Å². The average Bonchev–Trinajstić information content (AvgIpc) is 3.12. The van der Waals surface area contributed by atoms with Crippen LogP contribution in [0.25, 0.3) is 10.9 Å². The molecule has 1 aliphatic heterocycles. The van der Waals surface area contributed by atoms with E-state index < -0.39 is 39.7 Å². The van der Waals surface area contributed by atoms with Gasteiger partial charge in [0.1, 0.15) is 11.4 Å². The van der Waals surface area contributed by atoms with Gasteiger partial charge in [-0.05, 0) is 48.9 Å². The van der Waals surface area contributed by atoms with E-state index in [1.165, 1.54) is 11.0 Å². The van der Waals surface area contributed by atoms with Gasteiger partial charge in [-0.3, -0.25) is 14.3 Å². The third kappa shape index (κ3) is 6.14. The predicted octanol–water partition coefficient (Wildman–Crippen LogP) is 6.07. The zero-order valence-electron chi connectivity index (χ0n) is 19.0. The van der Waals surface area contributed by atoms with Crippen LogP contribution < -0.4 is 5.32 Å². The topological polar surface area (TPSA) is 67.2 Å². The summed E-state index contributed by atoms with van der Waals surface area (Å²) in [7, 11) is -9.82. The van der Waals surface area contributed by atoms with Crippen LogP contribution in [0.4, 0.5) is 32.6 Å². The summed E-state index contributed by atoms with van der Waals surface area (Å²) in [6.45, 7) is 0.973. The van der Waals surface area contributed by atoms with Crippen molar-refractivity contribution in [3.8, 4) is 0 Å². The molecule has 1 fully saturated rings. The molecule has 2 aromatic carbocycles. The largest absolute Gasteiger partial charge is 0.405 e. The molecular weight excluding hydrogens is 536 g/mol. The van der Waals surface area contributed by atoms with E-state index in [4.69, 9.17) is 0 Å². The summed E-state index contributed by atoms with van der Waals surface area (Å²) in [6.07, 6.45) is -2.93. The first kappa shape index (κ1) is 26.7. The molecule has 2 heterocycles. The minimum atomic E-state index is -9.82. The number of halogens is 8. The molecule has 0 aliphatic carbocycles. The van der Waals surface area contributed by atoms with Crippen molar-refractivity contribution >= 4 is 32.9 Å². The quantitative estimate of drug-likeness (QED) is 0.375. The van der Waals surface area contributed by atoms with Crippen molar-refractivity contribution in [1.29, 1.82) is 0 Å². The number of amides is 2. The Morgan fingerprint density at radius 1 is 1.05 bits per heavy atom. The van der Waals surface area contributed by atoms with Crippen molar-refractivity contribution in [2.24, 2.45) is 5.92 Å². The summed E-state index contributed by atoms with van der Waals surface area (Å²) in [4.78, 5) is 23.9. The maximum atomic E-state index is 12.8. The van der Waals surface area contributed by atoms with Crippen molar-refractivity contribution in [3.63, 3.8) is 0 Å². The average molecular weight is 556 g/mol. The van der Waals surface area contributed by atoms with E-state index in [0.29, 0.717) is 35.1 Å². The van der Waals surface area contributed by atoms with Crippen LogP contribution >= 0.6 is 10.2 Å². The van der Waals surface area contributed by atoms with Crippen molar-refractivity contribution in [2.45, 2.75) is 24.5 Å². The number of aryl methyl sites for hydroxylation is 1. The number of carbonyl (C=O) groups is 2. The minimum absolute atomic E-state index is 0.0575. The zero-order chi connectivity index (χ0) is 27.5. The lowest BCUT2D eigenvalue weighted by atomic mass is 9.99. The monoisotopic (exact) mass is 556 g/mol. The smallest absolute Gasteiger partial charge is 0.343 e. The maximum absolute atomic E-state index is 12.8. The Labute approximate surface area is 204 Å². The number of nitrogens with zero attached hydrogens (tertiary/aromatic N) is 3. The fraction of sp³-hybridized carbons (Fsp3) is 0.318. The molecule has 1 aromatic heterocycles. The van der Waals surface area contributed by atoms with E-state index in [2.05, 4.69) is 5.10 Å². The number of nitrogens with one attached hydrogen (secondary N) is 1. The van der Waals surface area contributed by atoms with Gasteiger partial charge in [-0.25, -0.2) is 0 Å². The molecule has 1 aliphatic rings. The minimum Gasteiger partial charge on any atom is -0.343 e. The van der Waals surface area contributed by atoms with E-state index in [1.54, 1.807) is 23.9 Å². The Morgan fingerprint density at radius 3 is 2.24 bits per heavy atom. The van der Waals surface area contributed by atoms with Crippen LogP contribution in [0, 0.1) is 12.8 Å². The number of fused-ring (bicyclic) bond motifs is 1. The van der Waals surface area contributed by atoms with Crippen LogP contribution in [-0.2, 0) is 6.54 Å². The Morgan fingerprint density at radius 2 is 1.68 bits per heavy atom. The number of rotatable bonds is 6. The van der Waals surface area contributed by atoms with Gasteiger partial charge in [-0.15, -0.1) is 0 Å². The molecule has 2 amide bonds. The standard InChI is InChI=1S/C22H20F8N4O2S/c1-13-6-19-16(7-18(13)20(35)31-12-22(23,24)25)11-34(32-19)10-14-8-33(9-14)21(36)15-2-4-17(5-3-15)37(26,27,28,29)30/h2-7,11,14H,8-10,12H2,1H3,(H,31,35). The van der Waals surface area contributed by atoms with Gasteiger partial charge in [0, 0.05) is 48.3 Å². The Hall–Kier alpha value is -3.36. The van der Waals surface area contributed by atoms with E-state index in [9.17, 15) is 42.2 Å². The molecular formula is C22H20F8N4O2S. The van der Waals surface area contributed by atoms with E-state index in [1.807, 2.05) is 5.32 Å². The lowest BCUT2D eigenvalue weighted by molar-refractivity contribution is -0.123. The van der Waals surface area contributed by atoms with Gasteiger partial charge in [0.05, 0.1) is 5.52 Å². The highest BCUT2D eigenvalue weighted by Gasteiger charge is 2.65. The second-order valence-electron chi connectivity index (χ2n) is 8.94. The molecule has 1 saturated heterocycles. The van der Waals surface area contributed by atoms with Crippen molar-refractivity contribution in [1.82, 2.24) is 20.0 Å². The molecule has 6 nitrogen and oxygen atoms in total. The molecule has 1 N–H and O–H groups in total. The first-order valence-corrected chi connectivity index (χ1v) is 12.7. The van der Waals surface area contributed by atoms with Gasteiger partial charge in [0.25, 0.3) is 11.8 Å². The number of hydrogen-bond donors (Lipinski definition) is 1. The van der Waals surface area contributed by atoms with Gasteiger partial charge in [0.2, 0.25) is 0 Å². The van der Waals surface area contributed by atoms with Crippen molar-refractivity contribution in [3.05, 3.63) is 59.3 Å². The summed E-state index contributed by atoms with van der Waals surface area (Å²) in [5.74, 6) is -1.52. The van der Waals surface area contributed by atoms with Crippen LogP contribution in [0.3, 0.4) is 0 Å². The molecule has 0 spiro atoms. The first-order chi connectivity index (χ1) is 16.8. The third-order valence-corrected chi connectivity index (χ3v) is 6.99. The molecule has 0 unspecified atom stereocenters. The molecule has 0 radical (unpaired) electrons. The van der Waals surface area contributed by atoms with E-state index in [0.717, 1.165) is 0 Å². The van der Waals surface area contributed by atoms with Gasteiger partial charge in [0.15, 0.2) is 0 Å². The fourth-order valence-electron chi connectivity index (χ4n) is 3.99. The van der Waals surface area contributed by atoms with Gasteiger partial charge < -0.3 is 10.2 Å². The maximum Gasteiger partial charge on any atom is 0.405 e. The second-order valence-corrected chi connectivity index (χ2v) is 11.4. The van der Waals surface area contributed by atoms with Crippen LogP contribution in [0.1, 0.15) is 26.3 Å². The second kappa shape index (κ2) is 8.07. The van der Waals surface area contributed by atoms with Crippen LogP contribution in [0.15, 0.2) is 47.5 Å². The lowest BCUT2D eigenvalue weighted by Crippen LogP contribution is -2.51. The highest BCUT2D eigenvalue weighted by molar-refractivity contribution is 8.45. The molecule has 3 aromatic rings. The first-order valence-electron chi connectivity index (χ1n) is 10.8. The summed E-state index contributed by atoms with van der Waals surface area (Å²) in [5.41, 5.74) is 0.878. The molecule has 4 rings (SSSR count). The lowest BCUT2D eigenvalue weighted by Gasteiger charge is -2.41. The Bertz CT molecular complexity index is 1380. The number of benzene rings is 2. The molecule has 0 saturated carbocycles. The number of carbonyl (C=O) groups excluding carboxylic acids is 2. The Kier molecular flexibility index (Phi) is 5.82. The fourth-order valence-corrected chi connectivity index (χ4v) is 4.64. The third-order valence-electron chi connectivity index (χ3n) is 5.83. The normalized spacial score (nSPS) is 16.7. The van der Waals surface area contributed by atoms with Crippen LogP contribution in [0.2, 0.25) is 0 Å².